The summed E-state index contributed by atoms with van der Waals surface area (Å²) < 4.78 is 6.11. The van der Waals surface area contributed by atoms with Gasteiger partial charge in [-0.1, -0.05) is 30.3 Å². The van der Waals surface area contributed by atoms with E-state index in [9.17, 15) is 0 Å². The van der Waals surface area contributed by atoms with Gasteiger partial charge < -0.3 is 20.3 Å². The van der Waals surface area contributed by atoms with Gasteiger partial charge in [-0.15, -0.1) is 0 Å². The molecule has 0 bridgehead atoms. The average Bonchev–Trinajstić information content (AvgIpc) is 2.62. The Kier molecular flexibility index (Phi) is 4.17. The maximum atomic E-state index is 6.21. The summed E-state index contributed by atoms with van der Waals surface area (Å²) in [5.41, 5.74) is 11.2. The molecule has 0 aliphatic carbocycles. The number of likely N-dealkylation sites (N-methyl/N-ethyl adjacent to an activating group) is 1. The van der Waals surface area contributed by atoms with Crippen molar-refractivity contribution in [3.8, 4) is 16.9 Å². The molecule has 1 saturated heterocycles. The maximum absolute atomic E-state index is 6.21. The van der Waals surface area contributed by atoms with Gasteiger partial charge in [0.15, 0.2) is 0 Å². The molecule has 2 aromatic rings. The van der Waals surface area contributed by atoms with E-state index >= 15 is 0 Å². The van der Waals surface area contributed by atoms with Crippen molar-refractivity contribution in [3.05, 3.63) is 48.0 Å². The first kappa shape index (κ1) is 15.5. The molecule has 0 spiro atoms. The predicted molar refractivity (Wildman–Crippen MR) is 98.8 cm³/mol. The van der Waals surface area contributed by atoms with E-state index in [1.54, 1.807) is 0 Å². The van der Waals surface area contributed by atoms with Gasteiger partial charge in [0.05, 0.1) is 0 Å². The smallest absolute Gasteiger partial charge is 0.132 e. The number of nitrogens with zero attached hydrogens (tertiary/aromatic N) is 2. The highest BCUT2D eigenvalue weighted by Crippen LogP contribution is 2.41. The Morgan fingerprint density at radius 2 is 1.75 bits per heavy atom. The van der Waals surface area contributed by atoms with E-state index in [1.807, 2.05) is 6.07 Å². The van der Waals surface area contributed by atoms with Crippen molar-refractivity contribution in [3.63, 3.8) is 0 Å². The Labute approximate surface area is 143 Å². The molecule has 24 heavy (non-hydrogen) atoms. The third-order valence-electron chi connectivity index (χ3n) is 5.07. The predicted octanol–water partition coefficient (Wildman–Crippen LogP) is 2.37. The Bertz CT molecular complexity index is 708. The number of rotatable bonds is 2. The lowest BCUT2D eigenvalue weighted by Gasteiger charge is -2.37. The Morgan fingerprint density at radius 1 is 1.00 bits per heavy atom. The second kappa shape index (κ2) is 6.46. The molecule has 0 radical (unpaired) electrons. The summed E-state index contributed by atoms with van der Waals surface area (Å²) in [7, 11) is 2.18. The maximum Gasteiger partial charge on any atom is 0.132 e. The topological polar surface area (TPSA) is 41.7 Å². The van der Waals surface area contributed by atoms with Crippen LogP contribution in [0.2, 0.25) is 0 Å². The number of fused-ring (bicyclic) bond motifs is 1. The fraction of sp³-hybridized carbons (Fsp3) is 0.400. The van der Waals surface area contributed by atoms with Crippen molar-refractivity contribution in [2.24, 2.45) is 5.73 Å². The monoisotopic (exact) mass is 323 g/mol. The number of hydrogen-bond donors (Lipinski definition) is 1. The molecule has 2 aromatic carbocycles. The van der Waals surface area contributed by atoms with Crippen molar-refractivity contribution in [2.75, 3.05) is 44.7 Å². The first-order valence-corrected chi connectivity index (χ1v) is 8.75. The standard InChI is InChI=1S/C20H25N3O/c1-22-9-11-23(12-10-22)19-8-7-17(15-5-3-2-4-6-15)20-18(19)13-16(21)14-24-20/h2-8,16H,9-14,21H2,1H3/t16-/m0/s1. The van der Waals surface area contributed by atoms with Crippen LogP contribution in [-0.2, 0) is 6.42 Å². The molecular formula is C20H25N3O. The number of nitrogens with two attached hydrogens (primary N) is 1. The van der Waals surface area contributed by atoms with Gasteiger partial charge in [0, 0.05) is 49.0 Å². The minimum absolute atomic E-state index is 0.0785. The second-order valence-electron chi connectivity index (χ2n) is 6.87. The first-order chi connectivity index (χ1) is 11.7. The lowest BCUT2D eigenvalue weighted by Crippen LogP contribution is -2.45. The van der Waals surface area contributed by atoms with Crippen molar-refractivity contribution < 1.29 is 4.74 Å². The molecular weight excluding hydrogens is 298 g/mol. The number of hydrogen-bond acceptors (Lipinski definition) is 4. The fourth-order valence-electron chi connectivity index (χ4n) is 3.68. The zero-order chi connectivity index (χ0) is 16.5. The number of piperazine rings is 1. The van der Waals surface area contributed by atoms with Crippen molar-refractivity contribution in [2.45, 2.75) is 12.5 Å². The van der Waals surface area contributed by atoms with Crippen molar-refractivity contribution in [1.82, 2.24) is 4.90 Å². The van der Waals surface area contributed by atoms with Crippen molar-refractivity contribution in [1.29, 1.82) is 0 Å². The Morgan fingerprint density at radius 3 is 2.50 bits per heavy atom. The molecule has 2 N–H and O–H groups in total. The van der Waals surface area contributed by atoms with Crippen LogP contribution in [0.5, 0.6) is 5.75 Å². The summed E-state index contributed by atoms with van der Waals surface area (Å²) in [6, 6.07) is 15.0. The third kappa shape index (κ3) is 2.87. The average molecular weight is 323 g/mol. The summed E-state index contributed by atoms with van der Waals surface area (Å²) in [6.07, 6.45) is 0.887. The first-order valence-electron chi connectivity index (χ1n) is 8.75. The third-order valence-corrected chi connectivity index (χ3v) is 5.07. The van der Waals surface area contributed by atoms with E-state index in [0.717, 1.165) is 38.3 Å². The largest absolute Gasteiger partial charge is 0.491 e. The van der Waals surface area contributed by atoms with Crippen LogP contribution in [0.4, 0.5) is 5.69 Å². The Hall–Kier alpha value is -2.04. The number of ether oxygens (including phenoxy) is 1. The summed E-state index contributed by atoms with van der Waals surface area (Å²) in [5.74, 6) is 1.03. The second-order valence-corrected chi connectivity index (χ2v) is 6.87. The van der Waals surface area contributed by atoms with Gasteiger partial charge in [0.25, 0.3) is 0 Å². The zero-order valence-electron chi connectivity index (χ0n) is 14.2. The molecule has 4 nitrogen and oxygen atoms in total. The minimum Gasteiger partial charge on any atom is -0.491 e. The zero-order valence-corrected chi connectivity index (χ0v) is 14.2. The minimum atomic E-state index is 0.0785. The van der Waals surface area contributed by atoms with Crippen LogP contribution < -0.4 is 15.4 Å². The van der Waals surface area contributed by atoms with E-state index in [4.69, 9.17) is 10.5 Å². The van der Waals surface area contributed by atoms with Crippen LogP contribution in [0.15, 0.2) is 42.5 Å². The van der Waals surface area contributed by atoms with Crippen LogP contribution in [0.3, 0.4) is 0 Å². The van der Waals surface area contributed by atoms with E-state index in [0.29, 0.717) is 6.61 Å². The molecule has 0 amide bonds. The lowest BCUT2D eigenvalue weighted by molar-refractivity contribution is 0.264. The van der Waals surface area contributed by atoms with Gasteiger partial charge in [-0.2, -0.15) is 0 Å². The lowest BCUT2D eigenvalue weighted by atomic mass is 9.94. The van der Waals surface area contributed by atoms with Crippen LogP contribution in [0.25, 0.3) is 11.1 Å². The molecule has 0 aromatic heterocycles. The van der Waals surface area contributed by atoms with E-state index in [1.165, 1.54) is 22.4 Å². The molecule has 2 aliphatic heterocycles. The highest BCUT2D eigenvalue weighted by Gasteiger charge is 2.26. The summed E-state index contributed by atoms with van der Waals surface area (Å²) in [6.45, 7) is 4.91. The van der Waals surface area contributed by atoms with Gasteiger partial charge in [-0.05, 0) is 31.2 Å². The Balaban J connectivity index is 1.76. The molecule has 4 rings (SSSR count). The molecule has 126 valence electrons. The molecule has 2 heterocycles. The van der Waals surface area contributed by atoms with Gasteiger partial charge in [0.2, 0.25) is 0 Å². The molecule has 0 unspecified atom stereocenters. The van der Waals surface area contributed by atoms with Crippen molar-refractivity contribution >= 4 is 5.69 Å². The van der Waals surface area contributed by atoms with Crippen LogP contribution in [0, 0.1) is 0 Å². The van der Waals surface area contributed by atoms with E-state index in [2.05, 4.69) is 53.2 Å². The number of benzene rings is 2. The molecule has 1 atom stereocenters. The van der Waals surface area contributed by atoms with Crippen LogP contribution in [0.1, 0.15) is 5.56 Å². The molecule has 0 saturated carbocycles. The quantitative estimate of drug-likeness (QED) is 0.921. The van der Waals surface area contributed by atoms with E-state index in [-0.39, 0.29) is 6.04 Å². The summed E-state index contributed by atoms with van der Waals surface area (Å²) in [5, 5.41) is 0. The molecule has 1 fully saturated rings. The van der Waals surface area contributed by atoms with Gasteiger partial charge >= 0.3 is 0 Å². The van der Waals surface area contributed by atoms with Gasteiger partial charge in [0.1, 0.15) is 12.4 Å². The van der Waals surface area contributed by atoms with Crippen LogP contribution >= 0.6 is 0 Å². The summed E-state index contributed by atoms with van der Waals surface area (Å²) in [4.78, 5) is 4.86. The highest BCUT2D eigenvalue weighted by molar-refractivity contribution is 5.78. The van der Waals surface area contributed by atoms with E-state index < -0.39 is 0 Å². The normalized spacial score (nSPS) is 21.2. The molecule has 4 heteroatoms. The summed E-state index contributed by atoms with van der Waals surface area (Å²) >= 11 is 0. The fourth-order valence-corrected chi connectivity index (χ4v) is 3.68. The number of anilines is 1. The highest BCUT2D eigenvalue weighted by atomic mass is 16.5. The van der Waals surface area contributed by atoms with Gasteiger partial charge in [-0.3, -0.25) is 0 Å². The van der Waals surface area contributed by atoms with Crippen LogP contribution in [-0.4, -0.2) is 50.8 Å². The SMILES string of the molecule is CN1CCN(c2ccc(-c3ccccc3)c3c2C[C@H](N)CO3)CC1. The van der Waals surface area contributed by atoms with Gasteiger partial charge in [-0.25, -0.2) is 0 Å². The molecule has 2 aliphatic rings.